The van der Waals surface area contributed by atoms with Crippen LogP contribution in [0.1, 0.15) is 42.4 Å². The fraction of sp³-hybridized carbons (Fsp3) is 0.429. The molecule has 7 heteroatoms. The first-order valence-corrected chi connectivity index (χ1v) is 6.72. The van der Waals surface area contributed by atoms with E-state index in [-0.39, 0.29) is 12.0 Å². The summed E-state index contributed by atoms with van der Waals surface area (Å²) >= 11 is 0. The third-order valence-electron chi connectivity index (χ3n) is 3.13. The zero-order chi connectivity index (χ0) is 15.4. The monoisotopic (exact) mass is 289 g/mol. The van der Waals surface area contributed by atoms with Crippen LogP contribution in [0.4, 0.5) is 0 Å². The van der Waals surface area contributed by atoms with E-state index in [0.29, 0.717) is 18.1 Å². The zero-order valence-electron chi connectivity index (χ0n) is 12.6. The van der Waals surface area contributed by atoms with Gasteiger partial charge in [0.2, 0.25) is 0 Å². The molecule has 112 valence electrons. The van der Waals surface area contributed by atoms with Gasteiger partial charge in [-0.3, -0.25) is 4.79 Å². The van der Waals surface area contributed by atoms with Gasteiger partial charge in [0.1, 0.15) is 5.75 Å². The van der Waals surface area contributed by atoms with Crippen LogP contribution in [0.25, 0.3) is 0 Å². The number of H-pyrrole nitrogens is 1. The Morgan fingerprint density at radius 3 is 2.57 bits per heavy atom. The summed E-state index contributed by atoms with van der Waals surface area (Å²) in [7, 11) is 0. The van der Waals surface area contributed by atoms with Crippen LogP contribution < -0.4 is 10.1 Å². The molecule has 0 fully saturated rings. The number of carbonyl (C=O) groups excluding carboxylic acids is 1. The highest BCUT2D eigenvalue weighted by Crippen LogP contribution is 2.25. The van der Waals surface area contributed by atoms with Gasteiger partial charge in [0.15, 0.2) is 5.82 Å². The first kappa shape index (κ1) is 15.1. The van der Waals surface area contributed by atoms with Gasteiger partial charge >= 0.3 is 5.97 Å². The third-order valence-corrected chi connectivity index (χ3v) is 3.13. The van der Waals surface area contributed by atoms with Crippen LogP contribution in [-0.2, 0) is 11.3 Å². The summed E-state index contributed by atoms with van der Waals surface area (Å²) in [5.74, 6) is 0.954. The lowest BCUT2D eigenvalue weighted by molar-refractivity contribution is -0.131. The van der Waals surface area contributed by atoms with Crippen molar-refractivity contribution in [1.82, 2.24) is 25.9 Å². The topological polar surface area (TPSA) is 92.8 Å². The fourth-order valence-electron chi connectivity index (χ4n) is 2.16. The minimum absolute atomic E-state index is 0.00231. The van der Waals surface area contributed by atoms with Gasteiger partial charge in [-0.05, 0) is 37.5 Å². The van der Waals surface area contributed by atoms with Crippen LogP contribution in [0.15, 0.2) is 12.1 Å². The van der Waals surface area contributed by atoms with Gasteiger partial charge in [0, 0.05) is 13.5 Å². The van der Waals surface area contributed by atoms with E-state index >= 15 is 0 Å². The number of benzene rings is 1. The molecule has 0 aliphatic heterocycles. The van der Waals surface area contributed by atoms with Crippen molar-refractivity contribution in [3.05, 3.63) is 34.6 Å². The standard InChI is InChI=1S/C14H19N5O2/c1-8-5-12(6-9(2)13(8)21-11(4)20)7-15-10(3)14-16-18-19-17-14/h5-6,10,15H,7H2,1-4H3,(H,16,17,18,19). The number of carbonyl (C=O) groups is 1. The minimum atomic E-state index is -0.308. The van der Waals surface area contributed by atoms with Gasteiger partial charge in [-0.1, -0.05) is 17.3 Å². The van der Waals surface area contributed by atoms with Gasteiger partial charge in [-0.2, -0.15) is 5.21 Å². The summed E-state index contributed by atoms with van der Waals surface area (Å²) in [5, 5.41) is 17.2. The van der Waals surface area contributed by atoms with Gasteiger partial charge in [-0.25, -0.2) is 0 Å². The summed E-state index contributed by atoms with van der Waals surface area (Å²) in [4.78, 5) is 11.1. The summed E-state index contributed by atoms with van der Waals surface area (Å²) in [5.41, 5.74) is 2.99. The van der Waals surface area contributed by atoms with Crippen LogP contribution >= 0.6 is 0 Å². The number of nitrogens with one attached hydrogen (secondary N) is 2. The molecule has 0 saturated heterocycles. The van der Waals surface area contributed by atoms with E-state index in [4.69, 9.17) is 4.74 Å². The summed E-state index contributed by atoms with van der Waals surface area (Å²) in [6.45, 7) is 7.89. The van der Waals surface area contributed by atoms with Crippen molar-refractivity contribution in [2.45, 2.75) is 40.3 Å². The Kier molecular flexibility index (Phi) is 4.64. The number of aromatic nitrogens is 4. The van der Waals surface area contributed by atoms with Gasteiger partial charge in [0.25, 0.3) is 0 Å². The highest BCUT2D eigenvalue weighted by Gasteiger charge is 2.12. The second-order valence-corrected chi connectivity index (χ2v) is 5.02. The molecule has 7 nitrogen and oxygen atoms in total. The van der Waals surface area contributed by atoms with Gasteiger partial charge < -0.3 is 10.1 Å². The number of hydrogen-bond donors (Lipinski definition) is 2. The minimum Gasteiger partial charge on any atom is -0.426 e. The Hall–Kier alpha value is -2.28. The van der Waals surface area contributed by atoms with E-state index in [9.17, 15) is 4.79 Å². The van der Waals surface area contributed by atoms with Crippen molar-refractivity contribution >= 4 is 5.97 Å². The molecule has 0 bridgehead atoms. The summed E-state index contributed by atoms with van der Waals surface area (Å²) in [6.07, 6.45) is 0. The second kappa shape index (κ2) is 6.45. The molecule has 0 aliphatic carbocycles. The molecule has 0 radical (unpaired) electrons. The van der Waals surface area contributed by atoms with Crippen LogP contribution in [0, 0.1) is 13.8 Å². The van der Waals surface area contributed by atoms with Crippen LogP contribution in [0.2, 0.25) is 0 Å². The Labute approximate surface area is 123 Å². The molecule has 21 heavy (non-hydrogen) atoms. The highest BCUT2D eigenvalue weighted by molar-refractivity contribution is 5.70. The largest absolute Gasteiger partial charge is 0.426 e. The Balaban J connectivity index is 2.06. The quantitative estimate of drug-likeness (QED) is 0.641. The van der Waals surface area contributed by atoms with Gasteiger partial charge in [0.05, 0.1) is 6.04 Å². The molecular formula is C14H19N5O2. The maximum atomic E-state index is 11.1. The molecule has 0 amide bonds. The number of aryl methyl sites for hydroxylation is 2. The van der Waals surface area contributed by atoms with Crippen molar-refractivity contribution in [2.24, 2.45) is 0 Å². The Morgan fingerprint density at radius 1 is 1.38 bits per heavy atom. The van der Waals surface area contributed by atoms with E-state index in [0.717, 1.165) is 16.7 Å². The molecule has 2 aromatic rings. The SMILES string of the molecule is CC(=O)Oc1c(C)cc(CNC(C)c2nn[nH]n2)cc1C. The molecule has 1 atom stereocenters. The first-order valence-electron chi connectivity index (χ1n) is 6.72. The predicted molar refractivity (Wildman–Crippen MR) is 76.7 cm³/mol. The molecule has 1 aromatic heterocycles. The lowest BCUT2D eigenvalue weighted by Crippen LogP contribution is -2.19. The predicted octanol–water partition coefficient (Wildman–Crippen LogP) is 1.59. The number of aromatic amines is 1. The van der Waals surface area contributed by atoms with Crippen molar-refractivity contribution < 1.29 is 9.53 Å². The van der Waals surface area contributed by atoms with E-state index < -0.39 is 0 Å². The molecule has 1 unspecified atom stereocenters. The van der Waals surface area contributed by atoms with Crippen molar-refractivity contribution in [1.29, 1.82) is 0 Å². The van der Waals surface area contributed by atoms with E-state index in [1.807, 2.05) is 32.9 Å². The van der Waals surface area contributed by atoms with E-state index in [1.165, 1.54) is 6.92 Å². The third kappa shape index (κ3) is 3.85. The summed E-state index contributed by atoms with van der Waals surface area (Å²) in [6, 6.07) is 4.00. The number of nitrogens with zero attached hydrogens (tertiary/aromatic N) is 3. The lowest BCUT2D eigenvalue weighted by Gasteiger charge is -2.14. The van der Waals surface area contributed by atoms with Crippen molar-refractivity contribution in [3.63, 3.8) is 0 Å². The summed E-state index contributed by atoms with van der Waals surface area (Å²) < 4.78 is 5.22. The number of hydrogen-bond acceptors (Lipinski definition) is 6. The Morgan fingerprint density at radius 2 is 2.05 bits per heavy atom. The molecule has 0 saturated carbocycles. The normalized spacial score (nSPS) is 12.2. The number of esters is 1. The maximum Gasteiger partial charge on any atom is 0.308 e. The smallest absolute Gasteiger partial charge is 0.308 e. The number of ether oxygens (including phenoxy) is 1. The molecular weight excluding hydrogens is 270 g/mol. The van der Waals surface area contributed by atoms with Crippen LogP contribution in [0.3, 0.4) is 0 Å². The molecule has 0 aliphatic rings. The fourth-order valence-corrected chi connectivity index (χ4v) is 2.16. The molecule has 0 spiro atoms. The highest BCUT2D eigenvalue weighted by atomic mass is 16.5. The Bertz CT molecular complexity index is 601. The average Bonchev–Trinajstić information content (AvgIpc) is 2.94. The van der Waals surface area contributed by atoms with Crippen molar-refractivity contribution in [3.8, 4) is 5.75 Å². The molecule has 2 rings (SSSR count). The van der Waals surface area contributed by atoms with E-state index in [1.54, 1.807) is 0 Å². The van der Waals surface area contributed by atoms with Crippen LogP contribution in [0.5, 0.6) is 5.75 Å². The maximum absolute atomic E-state index is 11.1. The van der Waals surface area contributed by atoms with Crippen LogP contribution in [-0.4, -0.2) is 26.6 Å². The average molecular weight is 289 g/mol. The number of tetrazole rings is 1. The number of rotatable bonds is 5. The second-order valence-electron chi connectivity index (χ2n) is 5.02. The molecule has 2 N–H and O–H groups in total. The lowest BCUT2D eigenvalue weighted by atomic mass is 10.1. The first-order chi connectivity index (χ1) is 9.97. The molecule has 1 heterocycles. The van der Waals surface area contributed by atoms with Gasteiger partial charge in [-0.15, -0.1) is 10.2 Å². The van der Waals surface area contributed by atoms with E-state index in [2.05, 4.69) is 25.9 Å². The molecule has 1 aromatic carbocycles. The van der Waals surface area contributed by atoms with Crippen molar-refractivity contribution in [2.75, 3.05) is 0 Å². The zero-order valence-corrected chi connectivity index (χ0v) is 12.6.